The quantitative estimate of drug-likeness (QED) is 0.590. The highest BCUT2D eigenvalue weighted by Crippen LogP contribution is 2.37. The fourth-order valence-electron chi connectivity index (χ4n) is 4.28. The second-order valence-corrected chi connectivity index (χ2v) is 8.32. The molecule has 2 aromatic carbocycles. The molecule has 0 saturated carbocycles. The van der Waals surface area contributed by atoms with E-state index in [-0.39, 0.29) is 17.5 Å². The zero-order valence-electron chi connectivity index (χ0n) is 17.9. The minimum absolute atomic E-state index is 0.0610. The Kier molecular flexibility index (Phi) is 7.07. The first kappa shape index (κ1) is 25.0. The second kappa shape index (κ2) is 9.32. The molecular formula is C23H23F7N2O. The number of hydrogen-bond acceptors (Lipinski definition) is 2. The summed E-state index contributed by atoms with van der Waals surface area (Å²) in [6.07, 6.45) is -9.49. The lowest BCUT2D eigenvalue weighted by Crippen LogP contribution is -2.44. The van der Waals surface area contributed by atoms with E-state index in [2.05, 4.69) is 5.32 Å². The van der Waals surface area contributed by atoms with Gasteiger partial charge < -0.3 is 10.2 Å². The van der Waals surface area contributed by atoms with Crippen molar-refractivity contribution in [3.8, 4) is 0 Å². The summed E-state index contributed by atoms with van der Waals surface area (Å²) in [5.74, 6) is -1.66. The van der Waals surface area contributed by atoms with Gasteiger partial charge in [-0.1, -0.05) is 6.07 Å². The fraction of sp³-hybridized carbons (Fsp3) is 0.435. The molecule has 3 rings (SSSR count). The molecule has 1 fully saturated rings. The van der Waals surface area contributed by atoms with Gasteiger partial charge in [0.2, 0.25) is 5.91 Å². The van der Waals surface area contributed by atoms with Crippen LogP contribution in [0.4, 0.5) is 30.7 Å². The molecule has 1 saturated heterocycles. The molecule has 0 aliphatic carbocycles. The number of amides is 1. The Labute approximate surface area is 186 Å². The monoisotopic (exact) mass is 476 g/mol. The summed E-state index contributed by atoms with van der Waals surface area (Å²) in [6.45, 7) is 2.28. The summed E-state index contributed by atoms with van der Waals surface area (Å²) in [5, 5.41) is 3.18. The van der Waals surface area contributed by atoms with Crippen LogP contribution in [0.5, 0.6) is 0 Å². The van der Waals surface area contributed by atoms with Crippen molar-refractivity contribution in [2.24, 2.45) is 5.92 Å². The fourth-order valence-corrected chi connectivity index (χ4v) is 4.28. The number of hydrogen-bond donors (Lipinski definition) is 1. The van der Waals surface area contributed by atoms with Crippen LogP contribution < -0.4 is 5.32 Å². The zero-order chi connectivity index (χ0) is 24.6. The third-order valence-electron chi connectivity index (χ3n) is 5.87. The highest BCUT2D eigenvalue weighted by Gasteiger charge is 2.38. The van der Waals surface area contributed by atoms with Crippen molar-refractivity contribution in [1.82, 2.24) is 10.2 Å². The molecule has 1 N–H and O–H groups in total. The van der Waals surface area contributed by atoms with E-state index < -0.39 is 47.7 Å². The Morgan fingerprint density at radius 2 is 1.64 bits per heavy atom. The van der Waals surface area contributed by atoms with Crippen LogP contribution in [0.1, 0.15) is 40.2 Å². The van der Waals surface area contributed by atoms with E-state index >= 15 is 0 Å². The van der Waals surface area contributed by atoms with Crippen molar-refractivity contribution in [2.75, 3.05) is 20.1 Å². The number of carbonyl (C=O) groups is 1. The highest BCUT2D eigenvalue weighted by atomic mass is 19.4. The van der Waals surface area contributed by atoms with E-state index in [0.29, 0.717) is 37.2 Å². The number of carbonyl (C=O) groups excluding carboxylic acids is 1. The van der Waals surface area contributed by atoms with Gasteiger partial charge in [0.15, 0.2) is 0 Å². The summed E-state index contributed by atoms with van der Waals surface area (Å²) in [6, 6.07) is 5.57. The number of halogens is 7. The Morgan fingerprint density at radius 1 is 1.03 bits per heavy atom. The molecule has 0 bridgehead atoms. The standard InChI is InChI=1S/C23H23F7N2O/c1-13-7-17(24)3-4-18(13)20-11-31-6-5-19(20)21(33)32(2)12-14-8-15(22(25,26)27)10-16(9-14)23(28,29)30/h3-4,7-10,19-20,31H,5-6,11-12H2,1-2H3/t19-,20+/m0/s1. The smallest absolute Gasteiger partial charge is 0.341 e. The van der Waals surface area contributed by atoms with Gasteiger partial charge in [-0.15, -0.1) is 0 Å². The molecule has 0 spiro atoms. The van der Waals surface area contributed by atoms with E-state index in [0.717, 1.165) is 10.5 Å². The van der Waals surface area contributed by atoms with Crippen molar-refractivity contribution < 1.29 is 35.5 Å². The molecule has 3 nitrogen and oxygen atoms in total. The Balaban J connectivity index is 1.87. The average molecular weight is 476 g/mol. The molecule has 1 aliphatic heterocycles. The highest BCUT2D eigenvalue weighted by molar-refractivity contribution is 5.80. The van der Waals surface area contributed by atoms with E-state index in [9.17, 15) is 35.5 Å². The van der Waals surface area contributed by atoms with Gasteiger partial charge in [0, 0.05) is 32.0 Å². The van der Waals surface area contributed by atoms with Crippen LogP contribution in [0.25, 0.3) is 0 Å². The lowest BCUT2D eigenvalue weighted by molar-refractivity contribution is -0.143. The maximum atomic E-state index is 13.5. The van der Waals surface area contributed by atoms with Crippen LogP contribution in [0.3, 0.4) is 0 Å². The summed E-state index contributed by atoms with van der Waals surface area (Å²) >= 11 is 0. The minimum Gasteiger partial charge on any atom is -0.341 e. The topological polar surface area (TPSA) is 32.3 Å². The molecule has 180 valence electrons. The SMILES string of the molecule is Cc1cc(F)ccc1[C@H]1CNCC[C@@H]1C(=O)N(C)Cc1cc(C(F)(F)F)cc(C(F)(F)F)c1. The molecule has 1 aliphatic rings. The van der Waals surface area contributed by atoms with Gasteiger partial charge in [-0.2, -0.15) is 26.3 Å². The second-order valence-electron chi connectivity index (χ2n) is 8.32. The number of nitrogens with zero attached hydrogens (tertiary/aromatic N) is 1. The maximum Gasteiger partial charge on any atom is 0.416 e. The first-order valence-corrected chi connectivity index (χ1v) is 10.3. The molecule has 0 unspecified atom stereocenters. The van der Waals surface area contributed by atoms with Gasteiger partial charge in [0.05, 0.1) is 11.1 Å². The Morgan fingerprint density at radius 3 is 2.18 bits per heavy atom. The Hall–Kier alpha value is -2.62. The molecular weight excluding hydrogens is 453 g/mol. The van der Waals surface area contributed by atoms with Gasteiger partial charge in [-0.3, -0.25) is 4.79 Å². The summed E-state index contributed by atoms with van der Waals surface area (Å²) < 4.78 is 92.4. The van der Waals surface area contributed by atoms with Gasteiger partial charge in [0.25, 0.3) is 0 Å². The van der Waals surface area contributed by atoms with Crippen molar-refractivity contribution in [3.05, 3.63) is 70.0 Å². The molecule has 1 heterocycles. The van der Waals surface area contributed by atoms with E-state index in [1.165, 1.54) is 19.2 Å². The number of rotatable bonds is 4. The lowest BCUT2D eigenvalue weighted by Gasteiger charge is -2.35. The van der Waals surface area contributed by atoms with Gasteiger partial charge in [0.1, 0.15) is 5.82 Å². The van der Waals surface area contributed by atoms with Crippen LogP contribution >= 0.6 is 0 Å². The van der Waals surface area contributed by atoms with Crippen molar-refractivity contribution >= 4 is 5.91 Å². The van der Waals surface area contributed by atoms with Crippen LogP contribution in [0.2, 0.25) is 0 Å². The van der Waals surface area contributed by atoms with Crippen LogP contribution in [-0.2, 0) is 23.7 Å². The number of benzene rings is 2. The first-order valence-electron chi connectivity index (χ1n) is 10.3. The molecule has 2 aromatic rings. The largest absolute Gasteiger partial charge is 0.416 e. The normalized spacial score (nSPS) is 19.4. The first-order chi connectivity index (χ1) is 15.3. The van der Waals surface area contributed by atoms with E-state index in [1.54, 1.807) is 13.0 Å². The third-order valence-corrected chi connectivity index (χ3v) is 5.87. The number of alkyl halides is 6. The average Bonchev–Trinajstić information content (AvgIpc) is 2.72. The number of aryl methyl sites for hydroxylation is 1. The van der Waals surface area contributed by atoms with E-state index in [4.69, 9.17) is 0 Å². The van der Waals surface area contributed by atoms with Crippen LogP contribution in [0.15, 0.2) is 36.4 Å². The van der Waals surface area contributed by atoms with Crippen molar-refractivity contribution in [1.29, 1.82) is 0 Å². The maximum absolute atomic E-state index is 13.5. The predicted molar refractivity (Wildman–Crippen MR) is 108 cm³/mol. The zero-order valence-corrected chi connectivity index (χ0v) is 17.9. The minimum atomic E-state index is -4.96. The predicted octanol–water partition coefficient (Wildman–Crippen LogP) is 5.52. The molecule has 33 heavy (non-hydrogen) atoms. The summed E-state index contributed by atoms with van der Waals surface area (Å²) in [7, 11) is 1.35. The summed E-state index contributed by atoms with van der Waals surface area (Å²) in [4.78, 5) is 14.4. The molecule has 0 radical (unpaired) electrons. The Bertz CT molecular complexity index is 985. The third kappa shape index (κ3) is 5.85. The molecule has 2 atom stereocenters. The molecule has 0 aromatic heterocycles. The number of nitrogens with one attached hydrogen (secondary N) is 1. The van der Waals surface area contributed by atoms with Gasteiger partial charge in [-0.05, 0) is 66.9 Å². The summed E-state index contributed by atoms with van der Waals surface area (Å²) in [5.41, 5.74) is -1.67. The molecule has 10 heteroatoms. The lowest BCUT2D eigenvalue weighted by atomic mass is 9.79. The van der Waals surface area contributed by atoms with Crippen LogP contribution in [0, 0.1) is 18.7 Å². The van der Waals surface area contributed by atoms with E-state index in [1.807, 2.05) is 0 Å². The number of piperidine rings is 1. The van der Waals surface area contributed by atoms with Crippen LogP contribution in [-0.4, -0.2) is 30.9 Å². The van der Waals surface area contributed by atoms with Crippen molar-refractivity contribution in [2.45, 2.75) is 38.2 Å². The molecule has 1 amide bonds. The van der Waals surface area contributed by atoms with Gasteiger partial charge in [-0.25, -0.2) is 4.39 Å². The van der Waals surface area contributed by atoms with Gasteiger partial charge >= 0.3 is 12.4 Å². The van der Waals surface area contributed by atoms with Crippen molar-refractivity contribution in [3.63, 3.8) is 0 Å².